The maximum Gasteiger partial charge on any atom is 0.289 e. The number of Topliss-reactive ketones (excluding diaryl/α,β-unsaturated/α-hetero) is 1. The summed E-state index contributed by atoms with van der Waals surface area (Å²) in [5.41, 5.74) is 6.54. The van der Waals surface area contributed by atoms with E-state index in [2.05, 4.69) is 5.32 Å². The van der Waals surface area contributed by atoms with E-state index < -0.39 is 17.7 Å². The van der Waals surface area contributed by atoms with Crippen LogP contribution in [0.1, 0.15) is 25.3 Å². The molecule has 0 aliphatic carbocycles. The van der Waals surface area contributed by atoms with Crippen LogP contribution in [0.15, 0.2) is 30.3 Å². The summed E-state index contributed by atoms with van der Waals surface area (Å²) < 4.78 is 0. The van der Waals surface area contributed by atoms with Crippen LogP contribution in [0.5, 0.6) is 0 Å². The third-order valence-electron chi connectivity index (χ3n) is 2.46. The Kier molecular flexibility index (Phi) is 5.36. The van der Waals surface area contributed by atoms with Gasteiger partial charge >= 0.3 is 0 Å². The Hall–Kier alpha value is -1.68. The Labute approximate surface area is 101 Å². The highest BCUT2D eigenvalue weighted by molar-refractivity contribution is 6.38. The van der Waals surface area contributed by atoms with E-state index in [4.69, 9.17) is 5.73 Å². The standard InChI is InChI=1S/C13H18N2O2/c1-2-6-11(14)12(16)13(17)15-9-10-7-4-3-5-8-10/h3-5,7-8,11H,2,6,9,14H2,1H3,(H,15,17). The Morgan fingerprint density at radius 3 is 2.53 bits per heavy atom. The molecule has 0 saturated heterocycles. The van der Waals surface area contributed by atoms with Gasteiger partial charge in [0.25, 0.3) is 5.91 Å². The van der Waals surface area contributed by atoms with Crippen molar-refractivity contribution in [1.29, 1.82) is 0 Å². The molecule has 1 unspecified atom stereocenters. The SMILES string of the molecule is CCCC(N)C(=O)C(=O)NCc1ccccc1. The predicted molar refractivity (Wildman–Crippen MR) is 66.2 cm³/mol. The lowest BCUT2D eigenvalue weighted by Crippen LogP contribution is -2.42. The zero-order chi connectivity index (χ0) is 12.7. The number of hydrogen-bond acceptors (Lipinski definition) is 3. The van der Waals surface area contributed by atoms with Crippen molar-refractivity contribution in [1.82, 2.24) is 5.32 Å². The Morgan fingerprint density at radius 1 is 1.29 bits per heavy atom. The first-order valence-corrected chi connectivity index (χ1v) is 5.76. The summed E-state index contributed by atoms with van der Waals surface area (Å²) in [4.78, 5) is 23.0. The number of carbonyl (C=O) groups is 2. The van der Waals surface area contributed by atoms with Crippen LogP contribution in [0, 0.1) is 0 Å². The van der Waals surface area contributed by atoms with Gasteiger partial charge in [-0.1, -0.05) is 43.7 Å². The van der Waals surface area contributed by atoms with Crippen LogP contribution in [0.3, 0.4) is 0 Å². The fourth-order valence-corrected chi connectivity index (χ4v) is 1.48. The Bertz CT molecular complexity index is 376. The highest BCUT2D eigenvalue weighted by Gasteiger charge is 2.20. The van der Waals surface area contributed by atoms with Gasteiger partial charge in [0.2, 0.25) is 5.78 Å². The molecule has 0 aromatic heterocycles. The van der Waals surface area contributed by atoms with Crippen molar-refractivity contribution >= 4 is 11.7 Å². The molecule has 0 aliphatic rings. The smallest absolute Gasteiger partial charge is 0.289 e. The van der Waals surface area contributed by atoms with Crippen molar-refractivity contribution in [3.05, 3.63) is 35.9 Å². The third kappa shape index (κ3) is 4.36. The van der Waals surface area contributed by atoms with E-state index in [1.54, 1.807) is 0 Å². The summed E-state index contributed by atoms with van der Waals surface area (Å²) in [5, 5.41) is 2.57. The predicted octanol–water partition coefficient (Wildman–Crippen LogP) is 0.999. The van der Waals surface area contributed by atoms with Gasteiger partial charge in [-0.15, -0.1) is 0 Å². The average Bonchev–Trinajstić information content (AvgIpc) is 2.36. The van der Waals surface area contributed by atoms with Gasteiger partial charge in [-0.2, -0.15) is 0 Å². The molecule has 0 aliphatic heterocycles. The second-order valence-electron chi connectivity index (χ2n) is 3.93. The molecule has 3 N–H and O–H groups in total. The zero-order valence-electron chi connectivity index (χ0n) is 9.98. The second kappa shape index (κ2) is 6.81. The maximum atomic E-state index is 11.5. The molecular weight excluding hydrogens is 216 g/mol. The van der Waals surface area contributed by atoms with E-state index in [-0.39, 0.29) is 0 Å². The number of benzene rings is 1. The topological polar surface area (TPSA) is 72.2 Å². The van der Waals surface area contributed by atoms with Crippen LogP contribution in [-0.4, -0.2) is 17.7 Å². The van der Waals surface area contributed by atoms with Crippen LogP contribution < -0.4 is 11.1 Å². The van der Waals surface area contributed by atoms with Crippen molar-refractivity contribution in [2.24, 2.45) is 5.73 Å². The number of hydrogen-bond donors (Lipinski definition) is 2. The summed E-state index contributed by atoms with van der Waals surface area (Å²) >= 11 is 0. The summed E-state index contributed by atoms with van der Waals surface area (Å²) in [5.74, 6) is -1.14. The summed E-state index contributed by atoms with van der Waals surface area (Å²) in [6.07, 6.45) is 1.33. The molecule has 1 atom stereocenters. The van der Waals surface area contributed by atoms with Crippen molar-refractivity contribution in [3.8, 4) is 0 Å². The molecule has 0 spiro atoms. The number of nitrogens with two attached hydrogens (primary N) is 1. The Balaban J connectivity index is 2.42. The quantitative estimate of drug-likeness (QED) is 0.721. The lowest BCUT2D eigenvalue weighted by atomic mass is 10.1. The van der Waals surface area contributed by atoms with E-state index in [9.17, 15) is 9.59 Å². The molecular formula is C13H18N2O2. The van der Waals surface area contributed by atoms with Crippen LogP contribution in [0.4, 0.5) is 0 Å². The number of rotatable bonds is 6. The second-order valence-corrected chi connectivity index (χ2v) is 3.93. The lowest BCUT2D eigenvalue weighted by molar-refractivity contribution is -0.138. The number of nitrogens with one attached hydrogen (secondary N) is 1. The Morgan fingerprint density at radius 2 is 1.94 bits per heavy atom. The van der Waals surface area contributed by atoms with Crippen LogP contribution >= 0.6 is 0 Å². The minimum Gasteiger partial charge on any atom is -0.345 e. The summed E-state index contributed by atoms with van der Waals surface area (Å²) in [7, 11) is 0. The minimum absolute atomic E-state index is 0.351. The third-order valence-corrected chi connectivity index (χ3v) is 2.46. The molecule has 4 nitrogen and oxygen atoms in total. The van der Waals surface area contributed by atoms with Gasteiger partial charge in [-0.25, -0.2) is 0 Å². The molecule has 0 heterocycles. The molecule has 4 heteroatoms. The number of carbonyl (C=O) groups excluding carboxylic acids is 2. The zero-order valence-corrected chi connectivity index (χ0v) is 9.98. The molecule has 1 aromatic rings. The molecule has 1 aromatic carbocycles. The van der Waals surface area contributed by atoms with Crippen LogP contribution in [0.25, 0.3) is 0 Å². The molecule has 0 saturated carbocycles. The van der Waals surface area contributed by atoms with Crippen molar-refractivity contribution in [2.45, 2.75) is 32.4 Å². The van der Waals surface area contributed by atoms with Gasteiger partial charge in [0, 0.05) is 6.54 Å². The maximum absolute atomic E-state index is 11.5. The summed E-state index contributed by atoms with van der Waals surface area (Å²) in [6.45, 7) is 2.28. The van der Waals surface area contributed by atoms with Gasteiger partial charge < -0.3 is 11.1 Å². The molecule has 92 valence electrons. The first kappa shape index (κ1) is 13.4. The van der Waals surface area contributed by atoms with Crippen molar-refractivity contribution in [3.63, 3.8) is 0 Å². The van der Waals surface area contributed by atoms with E-state index in [0.29, 0.717) is 13.0 Å². The largest absolute Gasteiger partial charge is 0.345 e. The number of amides is 1. The van der Waals surface area contributed by atoms with Gasteiger partial charge in [0.1, 0.15) is 0 Å². The number of ketones is 1. The van der Waals surface area contributed by atoms with Crippen LogP contribution in [0.2, 0.25) is 0 Å². The fourth-order valence-electron chi connectivity index (χ4n) is 1.48. The molecule has 0 bridgehead atoms. The lowest BCUT2D eigenvalue weighted by Gasteiger charge is -2.09. The molecule has 17 heavy (non-hydrogen) atoms. The average molecular weight is 234 g/mol. The van der Waals surface area contributed by atoms with Crippen molar-refractivity contribution in [2.75, 3.05) is 0 Å². The van der Waals surface area contributed by atoms with Crippen molar-refractivity contribution < 1.29 is 9.59 Å². The van der Waals surface area contributed by atoms with E-state index in [0.717, 1.165) is 12.0 Å². The van der Waals surface area contributed by atoms with Gasteiger partial charge in [-0.05, 0) is 12.0 Å². The molecule has 0 radical (unpaired) electrons. The summed E-state index contributed by atoms with van der Waals surface area (Å²) in [6, 6.07) is 8.75. The fraction of sp³-hybridized carbons (Fsp3) is 0.385. The highest BCUT2D eigenvalue weighted by atomic mass is 16.2. The minimum atomic E-state index is -0.684. The van der Waals surface area contributed by atoms with Gasteiger partial charge in [0.15, 0.2) is 0 Å². The molecule has 1 rings (SSSR count). The molecule has 0 fully saturated rings. The highest BCUT2D eigenvalue weighted by Crippen LogP contribution is 1.98. The first-order chi connectivity index (χ1) is 8.15. The van der Waals surface area contributed by atoms with Crippen LogP contribution in [-0.2, 0) is 16.1 Å². The van der Waals surface area contributed by atoms with Gasteiger partial charge in [0.05, 0.1) is 6.04 Å². The first-order valence-electron chi connectivity index (χ1n) is 5.76. The monoisotopic (exact) mass is 234 g/mol. The van der Waals surface area contributed by atoms with E-state index >= 15 is 0 Å². The van der Waals surface area contributed by atoms with E-state index in [1.165, 1.54) is 0 Å². The normalized spacial score (nSPS) is 11.9. The van der Waals surface area contributed by atoms with E-state index in [1.807, 2.05) is 37.3 Å². The molecule has 1 amide bonds. The van der Waals surface area contributed by atoms with Gasteiger partial charge in [-0.3, -0.25) is 9.59 Å².